The van der Waals surface area contributed by atoms with Crippen molar-refractivity contribution in [3.8, 4) is 0 Å². The van der Waals surface area contributed by atoms with Crippen LogP contribution in [0.15, 0.2) is 33.5 Å². The van der Waals surface area contributed by atoms with Crippen LogP contribution in [-0.4, -0.2) is 28.5 Å². The van der Waals surface area contributed by atoms with Crippen LogP contribution in [0.2, 0.25) is 0 Å². The van der Waals surface area contributed by atoms with E-state index in [2.05, 4.69) is 0 Å². The number of carbonyl (C=O) groups excluding carboxylic acids is 1. The van der Waals surface area contributed by atoms with Gasteiger partial charge in [0.2, 0.25) is 5.91 Å². The van der Waals surface area contributed by atoms with Crippen LogP contribution in [-0.2, 0) is 11.3 Å². The maximum atomic E-state index is 11.9. The Morgan fingerprint density at radius 3 is 2.74 bits per heavy atom. The van der Waals surface area contributed by atoms with Gasteiger partial charge in [-0.1, -0.05) is 12.1 Å². The van der Waals surface area contributed by atoms with Crippen molar-refractivity contribution >= 4 is 17.0 Å². The minimum atomic E-state index is -0.416. The van der Waals surface area contributed by atoms with Crippen molar-refractivity contribution in [1.29, 1.82) is 0 Å². The fourth-order valence-corrected chi connectivity index (χ4v) is 1.90. The number of oxazole rings is 1. The standard InChI is InChI=1S/C14H18N2O3/c1-10(2)15(3)13(17)8-9-16-11-6-4-5-7-12(11)19-14(16)18/h4-7,10H,8-9H2,1-3H3. The van der Waals surface area contributed by atoms with Crippen LogP contribution in [0.3, 0.4) is 0 Å². The van der Waals surface area contributed by atoms with E-state index < -0.39 is 5.76 Å². The van der Waals surface area contributed by atoms with Gasteiger partial charge in [-0.15, -0.1) is 0 Å². The van der Waals surface area contributed by atoms with Crippen LogP contribution in [0.5, 0.6) is 0 Å². The summed E-state index contributed by atoms with van der Waals surface area (Å²) in [6.07, 6.45) is 0.290. The molecule has 5 nitrogen and oxygen atoms in total. The maximum Gasteiger partial charge on any atom is 0.419 e. The first-order valence-corrected chi connectivity index (χ1v) is 6.34. The molecule has 2 aromatic rings. The van der Waals surface area contributed by atoms with Gasteiger partial charge in [-0.25, -0.2) is 4.79 Å². The van der Waals surface area contributed by atoms with Crippen molar-refractivity contribution in [2.24, 2.45) is 0 Å². The Morgan fingerprint density at radius 1 is 1.37 bits per heavy atom. The normalized spacial score (nSPS) is 11.2. The lowest BCUT2D eigenvalue weighted by Gasteiger charge is -2.21. The second-order valence-corrected chi connectivity index (χ2v) is 4.84. The lowest BCUT2D eigenvalue weighted by atomic mass is 10.3. The molecule has 19 heavy (non-hydrogen) atoms. The zero-order valence-electron chi connectivity index (χ0n) is 11.4. The summed E-state index contributed by atoms with van der Waals surface area (Å²) >= 11 is 0. The van der Waals surface area contributed by atoms with E-state index in [9.17, 15) is 9.59 Å². The highest BCUT2D eigenvalue weighted by molar-refractivity contribution is 5.77. The van der Waals surface area contributed by atoms with Gasteiger partial charge in [-0.3, -0.25) is 9.36 Å². The molecule has 0 aliphatic heterocycles. The van der Waals surface area contributed by atoms with E-state index in [1.807, 2.05) is 32.0 Å². The number of aryl methyl sites for hydroxylation is 1. The van der Waals surface area contributed by atoms with Crippen LogP contribution < -0.4 is 5.76 Å². The van der Waals surface area contributed by atoms with Crippen molar-refractivity contribution in [3.05, 3.63) is 34.8 Å². The number of rotatable bonds is 4. The number of para-hydroxylation sites is 2. The fourth-order valence-electron chi connectivity index (χ4n) is 1.90. The summed E-state index contributed by atoms with van der Waals surface area (Å²) in [4.78, 5) is 25.3. The SMILES string of the molecule is CC(C)N(C)C(=O)CCn1c(=O)oc2ccccc21. The third-order valence-corrected chi connectivity index (χ3v) is 3.29. The highest BCUT2D eigenvalue weighted by atomic mass is 16.4. The maximum absolute atomic E-state index is 11.9. The zero-order valence-corrected chi connectivity index (χ0v) is 11.4. The van der Waals surface area contributed by atoms with Gasteiger partial charge in [0.15, 0.2) is 5.58 Å². The van der Waals surface area contributed by atoms with E-state index in [-0.39, 0.29) is 18.4 Å². The van der Waals surface area contributed by atoms with Crippen LogP contribution >= 0.6 is 0 Å². The molecule has 5 heteroatoms. The largest absolute Gasteiger partial charge is 0.419 e. The molecule has 1 amide bonds. The van der Waals surface area contributed by atoms with Crippen LogP contribution in [0.25, 0.3) is 11.1 Å². The summed E-state index contributed by atoms with van der Waals surface area (Å²) in [7, 11) is 1.77. The van der Waals surface area contributed by atoms with E-state index >= 15 is 0 Å². The quantitative estimate of drug-likeness (QED) is 0.845. The predicted molar refractivity (Wildman–Crippen MR) is 73.0 cm³/mol. The monoisotopic (exact) mass is 262 g/mol. The minimum absolute atomic E-state index is 0.0205. The molecular weight excluding hydrogens is 244 g/mol. The molecule has 2 rings (SSSR count). The van der Waals surface area contributed by atoms with Gasteiger partial charge in [0.25, 0.3) is 0 Å². The molecule has 0 aliphatic carbocycles. The number of hydrogen-bond acceptors (Lipinski definition) is 3. The Balaban J connectivity index is 2.16. The Hall–Kier alpha value is -2.04. The third-order valence-electron chi connectivity index (χ3n) is 3.29. The van der Waals surface area contributed by atoms with Gasteiger partial charge >= 0.3 is 5.76 Å². The number of fused-ring (bicyclic) bond motifs is 1. The summed E-state index contributed by atoms with van der Waals surface area (Å²) in [5, 5.41) is 0. The smallest absolute Gasteiger partial charge is 0.408 e. The molecule has 0 atom stereocenters. The molecule has 0 fully saturated rings. The van der Waals surface area contributed by atoms with Gasteiger partial charge in [0, 0.05) is 26.1 Å². The van der Waals surface area contributed by atoms with Crippen molar-refractivity contribution < 1.29 is 9.21 Å². The Bertz CT molecular complexity index is 639. The molecule has 0 spiro atoms. The van der Waals surface area contributed by atoms with Gasteiger partial charge in [-0.2, -0.15) is 0 Å². The first kappa shape index (κ1) is 13.4. The van der Waals surface area contributed by atoms with Gasteiger partial charge in [-0.05, 0) is 26.0 Å². The van der Waals surface area contributed by atoms with E-state index in [1.165, 1.54) is 4.57 Å². The zero-order chi connectivity index (χ0) is 14.0. The van der Waals surface area contributed by atoms with E-state index in [0.717, 1.165) is 5.52 Å². The number of nitrogens with zero attached hydrogens (tertiary/aromatic N) is 2. The average Bonchev–Trinajstić information content (AvgIpc) is 2.70. The molecule has 0 unspecified atom stereocenters. The van der Waals surface area contributed by atoms with Gasteiger partial charge < -0.3 is 9.32 Å². The lowest BCUT2D eigenvalue weighted by Crippen LogP contribution is -2.34. The molecule has 0 bridgehead atoms. The van der Waals surface area contributed by atoms with Crippen molar-refractivity contribution in [2.45, 2.75) is 32.9 Å². The molecule has 1 heterocycles. The predicted octanol–water partition coefficient (Wildman–Crippen LogP) is 1.85. The number of hydrogen-bond donors (Lipinski definition) is 0. The first-order chi connectivity index (χ1) is 9.00. The molecule has 102 valence electrons. The molecule has 1 aromatic carbocycles. The highest BCUT2D eigenvalue weighted by Crippen LogP contribution is 2.12. The summed E-state index contributed by atoms with van der Waals surface area (Å²) < 4.78 is 6.62. The van der Waals surface area contributed by atoms with Gasteiger partial charge in [0.1, 0.15) is 0 Å². The van der Waals surface area contributed by atoms with E-state index in [4.69, 9.17) is 4.42 Å². The molecule has 0 N–H and O–H groups in total. The Labute approximate surface area is 111 Å². The van der Waals surface area contributed by atoms with Crippen molar-refractivity contribution in [2.75, 3.05) is 7.05 Å². The van der Waals surface area contributed by atoms with Crippen LogP contribution in [0.4, 0.5) is 0 Å². The summed E-state index contributed by atoms with van der Waals surface area (Å²) in [6.45, 7) is 4.25. The van der Waals surface area contributed by atoms with Gasteiger partial charge in [0.05, 0.1) is 5.52 Å². The first-order valence-electron chi connectivity index (χ1n) is 6.34. The molecule has 0 saturated carbocycles. The third kappa shape index (κ3) is 2.70. The second kappa shape index (κ2) is 5.30. The summed E-state index contributed by atoms with van der Waals surface area (Å²) in [5.41, 5.74) is 1.28. The topological polar surface area (TPSA) is 55.5 Å². The highest BCUT2D eigenvalue weighted by Gasteiger charge is 2.14. The molecule has 1 aromatic heterocycles. The number of amides is 1. The fraction of sp³-hybridized carbons (Fsp3) is 0.429. The lowest BCUT2D eigenvalue weighted by molar-refractivity contribution is -0.131. The molecular formula is C14H18N2O3. The van der Waals surface area contributed by atoms with Crippen molar-refractivity contribution in [3.63, 3.8) is 0 Å². The second-order valence-electron chi connectivity index (χ2n) is 4.84. The minimum Gasteiger partial charge on any atom is -0.408 e. The molecule has 0 saturated heterocycles. The summed E-state index contributed by atoms with van der Waals surface area (Å²) in [6, 6.07) is 7.38. The van der Waals surface area contributed by atoms with Crippen LogP contribution in [0.1, 0.15) is 20.3 Å². The van der Waals surface area contributed by atoms with Crippen molar-refractivity contribution in [1.82, 2.24) is 9.47 Å². The number of benzene rings is 1. The summed E-state index contributed by atoms with van der Waals surface area (Å²) in [5.74, 6) is -0.395. The Kier molecular flexibility index (Phi) is 3.74. The van der Waals surface area contributed by atoms with E-state index in [0.29, 0.717) is 12.1 Å². The number of carbonyl (C=O) groups is 1. The molecule has 0 radical (unpaired) electrons. The Morgan fingerprint density at radius 2 is 2.05 bits per heavy atom. The van der Waals surface area contributed by atoms with E-state index in [1.54, 1.807) is 18.0 Å². The molecule has 0 aliphatic rings. The van der Waals surface area contributed by atoms with Crippen LogP contribution in [0, 0.1) is 0 Å². The number of aromatic nitrogens is 1. The average molecular weight is 262 g/mol.